The zero-order chi connectivity index (χ0) is 14.3. The van der Waals surface area contributed by atoms with Gasteiger partial charge >= 0.3 is 0 Å². The molecule has 1 aromatic carbocycles. The lowest BCUT2D eigenvalue weighted by atomic mass is 9.96. The number of benzene rings is 1. The maximum atomic E-state index is 5.86. The van der Waals surface area contributed by atoms with Crippen LogP contribution in [0.2, 0.25) is 0 Å². The highest BCUT2D eigenvalue weighted by atomic mass is 79.9. The van der Waals surface area contributed by atoms with Gasteiger partial charge < -0.3 is 10.5 Å². The number of halogens is 1. The number of anilines is 1. The molecule has 1 aromatic heterocycles. The minimum absolute atomic E-state index is 0.503. The number of rotatable bonds is 2. The fraction of sp³-hybridized carbons (Fsp3) is 0.357. The van der Waals surface area contributed by atoms with Crippen molar-refractivity contribution < 1.29 is 4.74 Å². The molecular weight excluding hydrogens is 306 g/mol. The molecule has 0 aliphatic rings. The van der Waals surface area contributed by atoms with Gasteiger partial charge in [0.1, 0.15) is 5.75 Å². The fourth-order valence-electron chi connectivity index (χ4n) is 2.43. The quantitative estimate of drug-likeness (QED) is 0.921. The monoisotopic (exact) mass is 323 g/mol. The van der Waals surface area contributed by atoms with E-state index in [1.807, 2.05) is 14.0 Å². The largest absolute Gasteiger partial charge is 0.496 e. The molecule has 0 unspecified atom stereocenters. The minimum Gasteiger partial charge on any atom is -0.496 e. The zero-order valence-electron chi connectivity index (χ0n) is 11.8. The Bertz CT molecular complexity index is 647. The predicted molar refractivity (Wildman–Crippen MR) is 81.5 cm³/mol. The van der Waals surface area contributed by atoms with E-state index in [1.165, 1.54) is 5.56 Å². The summed E-state index contributed by atoms with van der Waals surface area (Å²) in [5.41, 5.74) is 11.4. The molecular formula is C14H18BrN3O. The van der Waals surface area contributed by atoms with E-state index in [2.05, 4.69) is 40.9 Å². The highest BCUT2D eigenvalue weighted by Crippen LogP contribution is 2.38. The topological polar surface area (TPSA) is 53.1 Å². The Labute approximate surface area is 121 Å². The molecule has 0 amide bonds. The Hall–Kier alpha value is -1.49. The van der Waals surface area contributed by atoms with Crippen molar-refractivity contribution >= 4 is 21.7 Å². The third kappa shape index (κ3) is 2.12. The van der Waals surface area contributed by atoms with Gasteiger partial charge in [0.15, 0.2) is 5.82 Å². The van der Waals surface area contributed by atoms with Gasteiger partial charge in [-0.1, -0.05) is 0 Å². The molecule has 0 bridgehead atoms. The van der Waals surface area contributed by atoms with Gasteiger partial charge in [-0.25, -0.2) is 0 Å². The summed E-state index contributed by atoms with van der Waals surface area (Å²) in [6, 6.07) is 2.11. The second kappa shape index (κ2) is 4.89. The first-order valence-corrected chi connectivity index (χ1v) is 6.80. The molecule has 19 heavy (non-hydrogen) atoms. The molecule has 2 N–H and O–H groups in total. The van der Waals surface area contributed by atoms with E-state index in [0.717, 1.165) is 32.6 Å². The number of nitrogens with two attached hydrogens (primary N) is 1. The molecule has 0 saturated heterocycles. The van der Waals surface area contributed by atoms with E-state index in [1.54, 1.807) is 11.8 Å². The van der Waals surface area contributed by atoms with Crippen LogP contribution in [0.1, 0.15) is 16.7 Å². The Morgan fingerprint density at radius 3 is 2.37 bits per heavy atom. The molecule has 1 heterocycles. The van der Waals surface area contributed by atoms with Gasteiger partial charge in [-0.2, -0.15) is 5.10 Å². The van der Waals surface area contributed by atoms with Gasteiger partial charge in [0.2, 0.25) is 0 Å². The minimum atomic E-state index is 0.503. The van der Waals surface area contributed by atoms with Crippen LogP contribution in [0.4, 0.5) is 5.82 Å². The van der Waals surface area contributed by atoms with Gasteiger partial charge in [-0.15, -0.1) is 0 Å². The molecule has 0 aliphatic carbocycles. The van der Waals surface area contributed by atoms with Crippen molar-refractivity contribution in [3.8, 4) is 17.0 Å². The first-order chi connectivity index (χ1) is 8.88. The number of aryl methyl sites for hydroxylation is 2. The summed E-state index contributed by atoms with van der Waals surface area (Å²) in [4.78, 5) is 0. The van der Waals surface area contributed by atoms with Crippen LogP contribution in [-0.4, -0.2) is 16.9 Å². The molecule has 2 aromatic rings. The molecule has 2 rings (SSSR count). The predicted octanol–water partition coefficient (Wildman–Crippen LogP) is 3.37. The SMILES string of the molecule is COc1c(C)cc(-c2c(Br)c(N)nn2C)c(C)c1C. The van der Waals surface area contributed by atoms with Gasteiger partial charge in [0.05, 0.1) is 17.3 Å². The summed E-state index contributed by atoms with van der Waals surface area (Å²) in [6.45, 7) is 6.20. The van der Waals surface area contributed by atoms with Crippen LogP contribution >= 0.6 is 15.9 Å². The second-order valence-electron chi connectivity index (χ2n) is 4.70. The second-order valence-corrected chi connectivity index (χ2v) is 5.49. The van der Waals surface area contributed by atoms with E-state index >= 15 is 0 Å². The van der Waals surface area contributed by atoms with E-state index < -0.39 is 0 Å². The van der Waals surface area contributed by atoms with Crippen LogP contribution in [0.5, 0.6) is 5.75 Å². The van der Waals surface area contributed by atoms with E-state index in [4.69, 9.17) is 10.5 Å². The molecule has 0 aliphatic heterocycles. The highest BCUT2D eigenvalue weighted by molar-refractivity contribution is 9.10. The van der Waals surface area contributed by atoms with Crippen molar-refractivity contribution in [3.05, 3.63) is 27.2 Å². The Morgan fingerprint density at radius 2 is 1.89 bits per heavy atom. The van der Waals surface area contributed by atoms with Crippen LogP contribution in [0, 0.1) is 20.8 Å². The molecule has 0 saturated carbocycles. The van der Waals surface area contributed by atoms with Gasteiger partial charge in [-0.05, 0) is 59.5 Å². The molecule has 5 heteroatoms. The van der Waals surface area contributed by atoms with Crippen molar-refractivity contribution in [2.45, 2.75) is 20.8 Å². The van der Waals surface area contributed by atoms with Crippen LogP contribution in [0.25, 0.3) is 11.3 Å². The summed E-state index contributed by atoms with van der Waals surface area (Å²) in [5, 5.41) is 4.25. The molecule has 0 radical (unpaired) electrons. The Balaban J connectivity index is 2.77. The molecule has 102 valence electrons. The first-order valence-electron chi connectivity index (χ1n) is 6.01. The average molecular weight is 324 g/mol. The van der Waals surface area contributed by atoms with E-state index in [9.17, 15) is 0 Å². The number of ether oxygens (including phenoxy) is 1. The first kappa shape index (κ1) is 13.9. The Morgan fingerprint density at radius 1 is 1.26 bits per heavy atom. The number of hydrogen-bond donors (Lipinski definition) is 1. The lowest BCUT2D eigenvalue weighted by Crippen LogP contribution is -2.00. The lowest BCUT2D eigenvalue weighted by molar-refractivity contribution is 0.408. The third-order valence-corrected chi connectivity index (χ3v) is 4.28. The molecule has 0 spiro atoms. The normalized spacial score (nSPS) is 10.8. The summed E-state index contributed by atoms with van der Waals surface area (Å²) in [6.07, 6.45) is 0. The summed E-state index contributed by atoms with van der Waals surface area (Å²) in [7, 11) is 3.59. The number of methoxy groups -OCH3 is 1. The molecule has 0 atom stereocenters. The lowest BCUT2D eigenvalue weighted by Gasteiger charge is -2.16. The fourth-order valence-corrected chi connectivity index (χ4v) is 2.98. The number of nitrogens with zero attached hydrogens (tertiary/aromatic N) is 2. The third-order valence-electron chi connectivity index (χ3n) is 3.50. The van der Waals surface area contributed by atoms with Gasteiger partial charge in [-0.3, -0.25) is 4.68 Å². The van der Waals surface area contributed by atoms with Crippen molar-refractivity contribution in [2.24, 2.45) is 7.05 Å². The van der Waals surface area contributed by atoms with Crippen molar-refractivity contribution in [3.63, 3.8) is 0 Å². The highest BCUT2D eigenvalue weighted by Gasteiger charge is 2.18. The van der Waals surface area contributed by atoms with Gasteiger partial charge in [0.25, 0.3) is 0 Å². The Kier molecular flexibility index (Phi) is 3.58. The standard InChI is InChI=1S/C14H18BrN3O/c1-7-6-10(8(2)9(3)13(7)19-5)12-11(15)14(16)17-18(12)4/h6H,1-5H3,(H2,16,17). The number of nitrogen functional groups attached to an aromatic ring is 1. The van der Waals surface area contributed by atoms with Crippen LogP contribution in [0.3, 0.4) is 0 Å². The van der Waals surface area contributed by atoms with Crippen LogP contribution < -0.4 is 10.5 Å². The van der Waals surface area contributed by atoms with Crippen molar-refractivity contribution in [1.82, 2.24) is 9.78 Å². The van der Waals surface area contributed by atoms with E-state index in [0.29, 0.717) is 5.82 Å². The average Bonchev–Trinajstić information content (AvgIpc) is 2.59. The van der Waals surface area contributed by atoms with Crippen molar-refractivity contribution in [2.75, 3.05) is 12.8 Å². The summed E-state index contributed by atoms with van der Waals surface area (Å²) < 4.78 is 8.09. The smallest absolute Gasteiger partial charge is 0.160 e. The van der Waals surface area contributed by atoms with Crippen molar-refractivity contribution in [1.29, 1.82) is 0 Å². The summed E-state index contributed by atoms with van der Waals surface area (Å²) in [5.74, 6) is 1.44. The van der Waals surface area contributed by atoms with Crippen LogP contribution in [0.15, 0.2) is 10.5 Å². The van der Waals surface area contributed by atoms with Crippen LogP contribution in [-0.2, 0) is 7.05 Å². The maximum Gasteiger partial charge on any atom is 0.160 e. The summed E-state index contributed by atoms with van der Waals surface area (Å²) >= 11 is 3.52. The van der Waals surface area contributed by atoms with E-state index in [-0.39, 0.29) is 0 Å². The number of aromatic nitrogens is 2. The van der Waals surface area contributed by atoms with Gasteiger partial charge in [0, 0.05) is 12.6 Å². The molecule has 0 fully saturated rings. The molecule has 4 nitrogen and oxygen atoms in total. The zero-order valence-corrected chi connectivity index (χ0v) is 13.4. The number of hydrogen-bond acceptors (Lipinski definition) is 3. The maximum absolute atomic E-state index is 5.86.